The van der Waals surface area contributed by atoms with Crippen molar-refractivity contribution < 1.29 is 9.59 Å². The number of hydrogen-bond donors (Lipinski definition) is 0. The second kappa shape index (κ2) is 6.96. The molecule has 2 nitrogen and oxygen atoms in total. The SMILES string of the molecule is O=C1c2ccc(Br)cc2-c2ccc3c4ccc5c6c(ccc(c7ccc1c2c73)c64)C(=O)c1ccc(Br)cc1-5. The largest absolute Gasteiger partial charge is 0.289 e. The predicted octanol–water partition coefficient (Wildman–Crippen LogP) is 9.68. The number of benzene rings is 7. The van der Waals surface area contributed by atoms with Gasteiger partial charge in [-0.05, 0) is 103 Å². The van der Waals surface area contributed by atoms with Gasteiger partial charge in [-0.3, -0.25) is 9.59 Å². The molecule has 0 N–H and O–H groups in total. The standard InChI is InChI=1S/C34H14Br2O2/c35-15-1-3-23-27(13-15)21-7-5-17-18-6-8-22-28-14-16(36)2-4-24(28)34(38)26-12-10-20(30(18)32(22)26)19-9-11-25(33(23)37)31(21)29(17)19/h1-14H. The molecule has 2 aliphatic carbocycles. The van der Waals surface area contributed by atoms with Crippen LogP contribution < -0.4 is 0 Å². The highest BCUT2D eigenvalue weighted by Gasteiger charge is 2.30. The van der Waals surface area contributed by atoms with Crippen LogP contribution in [0, 0.1) is 0 Å². The molecule has 0 radical (unpaired) electrons. The van der Waals surface area contributed by atoms with E-state index in [0.717, 1.165) is 96.5 Å². The van der Waals surface area contributed by atoms with Crippen LogP contribution in [0.15, 0.2) is 93.9 Å². The monoisotopic (exact) mass is 612 g/mol. The maximum Gasteiger partial charge on any atom is 0.194 e. The van der Waals surface area contributed by atoms with Crippen molar-refractivity contribution in [2.24, 2.45) is 0 Å². The van der Waals surface area contributed by atoms with Crippen LogP contribution in [0.1, 0.15) is 31.8 Å². The van der Waals surface area contributed by atoms with E-state index in [1.165, 1.54) is 0 Å². The Balaban J connectivity index is 1.50. The quantitative estimate of drug-likeness (QED) is 0.126. The fraction of sp³-hybridized carbons (Fsp3) is 0. The number of halogens is 2. The third kappa shape index (κ3) is 2.39. The Morgan fingerprint density at radius 3 is 1.08 bits per heavy atom. The van der Waals surface area contributed by atoms with Gasteiger partial charge in [0, 0.05) is 42.0 Å². The van der Waals surface area contributed by atoms with E-state index >= 15 is 0 Å². The molecule has 0 fully saturated rings. The van der Waals surface area contributed by atoms with E-state index < -0.39 is 0 Å². The third-order valence-corrected chi connectivity index (χ3v) is 9.41. The Bertz CT molecular complexity index is 2110. The average molecular weight is 614 g/mol. The van der Waals surface area contributed by atoms with E-state index in [1.54, 1.807) is 0 Å². The van der Waals surface area contributed by atoms with Gasteiger partial charge < -0.3 is 0 Å². The summed E-state index contributed by atoms with van der Waals surface area (Å²) in [6, 6.07) is 28.6. The minimum absolute atomic E-state index is 0.0625. The number of carbonyl (C=O) groups is 2. The van der Waals surface area contributed by atoms with Crippen LogP contribution in [0.4, 0.5) is 0 Å². The molecule has 9 rings (SSSR count). The molecule has 7 aromatic carbocycles. The minimum atomic E-state index is 0.0625. The van der Waals surface area contributed by atoms with E-state index in [2.05, 4.69) is 68.3 Å². The molecule has 0 saturated heterocycles. The summed E-state index contributed by atoms with van der Waals surface area (Å²) < 4.78 is 1.91. The molecule has 0 atom stereocenters. The van der Waals surface area contributed by atoms with Crippen molar-refractivity contribution in [2.45, 2.75) is 0 Å². The maximum absolute atomic E-state index is 13.6. The van der Waals surface area contributed by atoms with Crippen molar-refractivity contribution in [1.29, 1.82) is 0 Å². The Kier molecular flexibility index (Phi) is 3.87. The van der Waals surface area contributed by atoms with Gasteiger partial charge in [-0.15, -0.1) is 0 Å². The molecule has 0 bridgehead atoms. The van der Waals surface area contributed by atoms with Crippen molar-refractivity contribution in [3.8, 4) is 22.3 Å². The lowest BCUT2D eigenvalue weighted by Gasteiger charge is -2.25. The summed E-state index contributed by atoms with van der Waals surface area (Å²) in [7, 11) is 0. The number of carbonyl (C=O) groups excluding carboxylic acids is 2. The van der Waals surface area contributed by atoms with Gasteiger partial charge in [0.25, 0.3) is 0 Å². The Labute approximate surface area is 233 Å². The summed E-state index contributed by atoms with van der Waals surface area (Å²) in [6.07, 6.45) is 0. The van der Waals surface area contributed by atoms with Crippen LogP contribution in [0.5, 0.6) is 0 Å². The van der Waals surface area contributed by atoms with Gasteiger partial charge in [0.05, 0.1) is 0 Å². The summed E-state index contributed by atoms with van der Waals surface area (Å²) in [4.78, 5) is 27.3. The molecule has 7 aromatic rings. The molecule has 38 heavy (non-hydrogen) atoms. The first-order valence-corrected chi connectivity index (χ1v) is 14.0. The Hall–Kier alpha value is -3.86. The molecule has 0 aliphatic heterocycles. The van der Waals surface area contributed by atoms with E-state index in [9.17, 15) is 9.59 Å². The molecule has 4 heteroatoms. The Morgan fingerprint density at radius 2 is 0.684 bits per heavy atom. The fourth-order valence-electron chi connectivity index (χ4n) is 6.88. The van der Waals surface area contributed by atoms with E-state index in [1.807, 2.05) is 48.5 Å². The number of rotatable bonds is 0. The van der Waals surface area contributed by atoms with Crippen LogP contribution in [0.2, 0.25) is 0 Å². The molecular formula is C34H14Br2O2. The van der Waals surface area contributed by atoms with Crippen LogP contribution >= 0.6 is 31.9 Å². The van der Waals surface area contributed by atoms with Crippen LogP contribution in [0.25, 0.3) is 65.3 Å². The van der Waals surface area contributed by atoms with E-state index in [-0.39, 0.29) is 11.6 Å². The first-order chi connectivity index (χ1) is 18.5. The maximum atomic E-state index is 13.6. The third-order valence-electron chi connectivity index (χ3n) is 8.42. The molecule has 0 spiro atoms. The van der Waals surface area contributed by atoms with Crippen LogP contribution in [-0.2, 0) is 0 Å². The van der Waals surface area contributed by atoms with Crippen LogP contribution in [0.3, 0.4) is 0 Å². The molecule has 2 aliphatic rings. The van der Waals surface area contributed by atoms with Gasteiger partial charge in [-0.2, -0.15) is 0 Å². The molecular weight excluding hydrogens is 600 g/mol. The van der Waals surface area contributed by atoms with Gasteiger partial charge in [-0.25, -0.2) is 0 Å². The topological polar surface area (TPSA) is 34.1 Å². The highest BCUT2D eigenvalue weighted by Crippen LogP contribution is 2.50. The highest BCUT2D eigenvalue weighted by atomic mass is 79.9. The lowest BCUT2D eigenvalue weighted by atomic mass is 9.77. The van der Waals surface area contributed by atoms with E-state index in [4.69, 9.17) is 0 Å². The average Bonchev–Trinajstić information content (AvgIpc) is 2.93. The van der Waals surface area contributed by atoms with Crippen LogP contribution in [-0.4, -0.2) is 11.6 Å². The number of ketones is 2. The molecule has 0 heterocycles. The van der Waals surface area contributed by atoms with Crippen molar-refractivity contribution in [3.05, 3.63) is 116 Å². The van der Waals surface area contributed by atoms with Crippen molar-refractivity contribution in [1.82, 2.24) is 0 Å². The van der Waals surface area contributed by atoms with Gasteiger partial charge in [0.2, 0.25) is 0 Å². The summed E-state index contributed by atoms with van der Waals surface area (Å²) in [6.45, 7) is 0. The normalized spacial score (nSPS) is 13.6. The minimum Gasteiger partial charge on any atom is -0.289 e. The van der Waals surface area contributed by atoms with Gasteiger partial charge in [-0.1, -0.05) is 68.3 Å². The smallest absolute Gasteiger partial charge is 0.194 e. The zero-order valence-corrected chi connectivity index (χ0v) is 22.8. The molecule has 0 aromatic heterocycles. The van der Waals surface area contributed by atoms with Crippen molar-refractivity contribution in [2.75, 3.05) is 0 Å². The zero-order valence-electron chi connectivity index (χ0n) is 19.7. The first-order valence-electron chi connectivity index (χ1n) is 12.4. The fourth-order valence-corrected chi connectivity index (χ4v) is 7.60. The first kappa shape index (κ1) is 21.1. The highest BCUT2D eigenvalue weighted by molar-refractivity contribution is 9.10. The van der Waals surface area contributed by atoms with Gasteiger partial charge in [0.1, 0.15) is 0 Å². The van der Waals surface area contributed by atoms with Crippen molar-refractivity contribution in [3.63, 3.8) is 0 Å². The predicted molar refractivity (Wildman–Crippen MR) is 161 cm³/mol. The molecule has 176 valence electrons. The van der Waals surface area contributed by atoms with Gasteiger partial charge >= 0.3 is 0 Å². The molecule has 0 unspecified atom stereocenters. The second-order valence-corrected chi connectivity index (χ2v) is 12.0. The lowest BCUT2D eigenvalue weighted by molar-refractivity contribution is 0.103. The van der Waals surface area contributed by atoms with Crippen molar-refractivity contribution >= 4 is 86.5 Å². The molecule has 0 saturated carbocycles. The number of hydrogen-bond acceptors (Lipinski definition) is 2. The summed E-state index contributed by atoms with van der Waals surface area (Å²) in [5.41, 5.74) is 7.06. The zero-order chi connectivity index (χ0) is 25.4. The lowest BCUT2D eigenvalue weighted by Crippen LogP contribution is -2.11. The summed E-state index contributed by atoms with van der Waals surface area (Å²) >= 11 is 7.20. The second-order valence-electron chi connectivity index (χ2n) is 10.2. The molecule has 0 amide bonds. The summed E-state index contributed by atoms with van der Waals surface area (Å²) in [5.74, 6) is 0.125. The Morgan fingerprint density at radius 1 is 0.342 bits per heavy atom. The summed E-state index contributed by atoms with van der Waals surface area (Å²) in [5, 5.41) is 8.68. The van der Waals surface area contributed by atoms with Gasteiger partial charge in [0.15, 0.2) is 11.6 Å². The van der Waals surface area contributed by atoms with E-state index in [0.29, 0.717) is 0 Å². The number of fused-ring (bicyclic) bond motifs is 6.